The fourth-order valence-electron chi connectivity index (χ4n) is 1.30. The summed E-state index contributed by atoms with van der Waals surface area (Å²) in [6.07, 6.45) is 0.190. The Morgan fingerprint density at radius 2 is 2.29 bits per heavy atom. The summed E-state index contributed by atoms with van der Waals surface area (Å²) in [6, 6.07) is 5.59. The van der Waals surface area contributed by atoms with E-state index in [4.69, 9.17) is 22.1 Å². The van der Waals surface area contributed by atoms with Gasteiger partial charge in [0.15, 0.2) is 0 Å². The van der Waals surface area contributed by atoms with Crippen LogP contribution >= 0.6 is 11.6 Å². The van der Waals surface area contributed by atoms with Gasteiger partial charge in [0.25, 0.3) is 0 Å². The van der Waals surface area contributed by atoms with Gasteiger partial charge in [-0.15, -0.1) is 0 Å². The molecule has 0 bridgehead atoms. The van der Waals surface area contributed by atoms with Crippen LogP contribution in [0.25, 0.3) is 0 Å². The first-order valence-electron chi connectivity index (χ1n) is 5.53. The van der Waals surface area contributed by atoms with Crippen molar-refractivity contribution in [3.63, 3.8) is 0 Å². The number of halogens is 1. The molecule has 0 heterocycles. The van der Waals surface area contributed by atoms with Gasteiger partial charge in [-0.1, -0.05) is 24.6 Å². The summed E-state index contributed by atoms with van der Waals surface area (Å²) in [7, 11) is 0. The van der Waals surface area contributed by atoms with E-state index in [0.717, 1.165) is 18.7 Å². The van der Waals surface area contributed by atoms with Crippen LogP contribution in [0.3, 0.4) is 0 Å². The number of ether oxygens (including phenoxy) is 1. The molecule has 1 aromatic carbocycles. The molecular formula is C12H17ClN2O2. The zero-order valence-electron chi connectivity index (χ0n) is 9.83. The van der Waals surface area contributed by atoms with Gasteiger partial charge in [0.2, 0.25) is 5.91 Å². The maximum absolute atomic E-state index is 10.5. The molecule has 0 aliphatic carbocycles. The summed E-state index contributed by atoms with van der Waals surface area (Å²) >= 11 is 6.05. The molecule has 1 rings (SSSR count). The van der Waals surface area contributed by atoms with Crippen LogP contribution in [0.2, 0.25) is 5.02 Å². The number of hydrogen-bond donors (Lipinski definition) is 2. The molecule has 0 unspecified atom stereocenters. The predicted octanol–water partition coefficient (Wildman–Crippen LogP) is 1.70. The Bertz CT molecular complexity index is 383. The molecule has 0 aliphatic heterocycles. The molecule has 5 heteroatoms. The lowest BCUT2D eigenvalue weighted by Crippen LogP contribution is -2.14. The second-order valence-corrected chi connectivity index (χ2v) is 4.02. The highest BCUT2D eigenvalue weighted by atomic mass is 35.5. The molecule has 0 aromatic heterocycles. The highest BCUT2D eigenvalue weighted by molar-refractivity contribution is 6.32. The number of nitrogens with two attached hydrogens (primary N) is 1. The molecular weight excluding hydrogens is 240 g/mol. The SMILES string of the molecule is CCNCc1ccc(OCCC(N)=O)c(Cl)c1. The second kappa shape index (κ2) is 7.14. The number of nitrogens with one attached hydrogen (secondary N) is 1. The maximum atomic E-state index is 10.5. The Labute approximate surface area is 106 Å². The van der Waals surface area contributed by atoms with Gasteiger partial charge >= 0.3 is 0 Å². The number of carbonyl (C=O) groups excluding carboxylic acids is 1. The third-order valence-electron chi connectivity index (χ3n) is 2.18. The monoisotopic (exact) mass is 256 g/mol. The van der Waals surface area contributed by atoms with Crippen LogP contribution in [0.1, 0.15) is 18.9 Å². The number of hydrogen-bond acceptors (Lipinski definition) is 3. The van der Waals surface area contributed by atoms with E-state index in [1.165, 1.54) is 0 Å². The first kappa shape index (κ1) is 13.8. The number of benzene rings is 1. The van der Waals surface area contributed by atoms with Crippen molar-refractivity contribution in [2.24, 2.45) is 5.73 Å². The third-order valence-corrected chi connectivity index (χ3v) is 2.48. The minimum atomic E-state index is -0.384. The molecule has 0 saturated carbocycles. The molecule has 17 heavy (non-hydrogen) atoms. The van der Waals surface area contributed by atoms with E-state index in [1.807, 2.05) is 19.1 Å². The highest BCUT2D eigenvalue weighted by Crippen LogP contribution is 2.25. The van der Waals surface area contributed by atoms with Gasteiger partial charge in [0.05, 0.1) is 18.1 Å². The van der Waals surface area contributed by atoms with E-state index in [9.17, 15) is 4.79 Å². The molecule has 0 atom stereocenters. The number of carbonyl (C=O) groups is 1. The maximum Gasteiger partial charge on any atom is 0.220 e. The second-order valence-electron chi connectivity index (χ2n) is 3.61. The lowest BCUT2D eigenvalue weighted by Gasteiger charge is -2.09. The van der Waals surface area contributed by atoms with Crippen molar-refractivity contribution >= 4 is 17.5 Å². The van der Waals surface area contributed by atoms with E-state index in [0.29, 0.717) is 10.8 Å². The minimum Gasteiger partial charge on any atom is -0.491 e. The number of rotatable bonds is 7. The molecule has 3 N–H and O–H groups in total. The van der Waals surface area contributed by atoms with Gasteiger partial charge in [0.1, 0.15) is 5.75 Å². The summed E-state index contributed by atoms with van der Waals surface area (Å²) in [4.78, 5) is 10.5. The van der Waals surface area contributed by atoms with E-state index in [-0.39, 0.29) is 18.9 Å². The van der Waals surface area contributed by atoms with Crippen molar-refractivity contribution in [2.75, 3.05) is 13.2 Å². The average molecular weight is 257 g/mol. The van der Waals surface area contributed by atoms with Gasteiger partial charge in [-0.3, -0.25) is 4.79 Å². The quantitative estimate of drug-likeness (QED) is 0.781. The lowest BCUT2D eigenvalue weighted by molar-refractivity contribution is -0.118. The Morgan fingerprint density at radius 1 is 1.53 bits per heavy atom. The number of primary amides is 1. The van der Waals surface area contributed by atoms with E-state index in [2.05, 4.69) is 5.32 Å². The number of amides is 1. The molecule has 1 aromatic rings. The Morgan fingerprint density at radius 3 is 2.88 bits per heavy atom. The van der Waals surface area contributed by atoms with Gasteiger partial charge in [-0.25, -0.2) is 0 Å². The highest BCUT2D eigenvalue weighted by Gasteiger charge is 2.03. The van der Waals surface area contributed by atoms with Gasteiger partial charge in [0, 0.05) is 6.54 Å². The van der Waals surface area contributed by atoms with Crippen molar-refractivity contribution in [1.82, 2.24) is 5.32 Å². The molecule has 1 amide bonds. The molecule has 0 fully saturated rings. The normalized spacial score (nSPS) is 10.2. The Kier molecular flexibility index (Phi) is 5.80. The molecule has 94 valence electrons. The van der Waals surface area contributed by atoms with Crippen LogP contribution in [0.4, 0.5) is 0 Å². The van der Waals surface area contributed by atoms with Crippen molar-refractivity contribution < 1.29 is 9.53 Å². The van der Waals surface area contributed by atoms with Gasteiger partial charge < -0.3 is 15.8 Å². The van der Waals surface area contributed by atoms with Crippen LogP contribution in [0.15, 0.2) is 18.2 Å². The Hall–Kier alpha value is -1.26. The predicted molar refractivity (Wildman–Crippen MR) is 68.1 cm³/mol. The molecule has 0 saturated heterocycles. The summed E-state index contributed by atoms with van der Waals surface area (Å²) < 4.78 is 5.35. The zero-order valence-corrected chi connectivity index (χ0v) is 10.6. The topological polar surface area (TPSA) is 64.3 Å². The summed E-state index contributed by atoms with van der Waals surface area (Å²) in [6.45, 7) is 3.98. The largest absolute Gasteiger partial charge is 0.491 e. The zero-order chi connectivity index (χ0) is 12.7. The van der Waals surface area contributed by atoms with Crippen molar-refractivity contribution in [3.05, 3.63) is 28.8 Å². The van der Waals surface area contributed by atoms with Gasteiger partial charge in [-0.05, 0) is 24.2 Å². The van der Waals surface area contributed by atoms with Crippen molar-refractivity contribution in [1.29, 1.82) is 0 Å². The van der Waals surface area contributed by atoms with Crippen LogP contribution in [-0.4, -0.2) is 19.1 Å². The standard InChI is InChI=1S/C12H17ClN2O2/c1-2-15-8-9-3-4-11(10(13)7-9)17-6-5-12(14)16/h3-4,7,15H,2,5-6,8H2,1H3,(H2,14,16). The fourth-order valence-corrected chi connectivity index (χ4v) is 1.56. The smallest absolute Gasteiger partial charge is 0.220 e. The fraction of sp³-hybridized carbons (Fsp3) is 0.417. The Balaban J connectivity index is 2.53. The summed E-state index contributed by atoms with van der Waals surface area (Å²) in [5, 5.41) is 3.75. The van der Waals surface area contributed by atoms with Crippen LogP contribution in [-0.2, 0) is 11.3 Å². The average Bonchev–Trinajstić information content (AvgIpc) is 2.28. The van der Waals surface area contributed by atoms with Crippen molar-refractivity contribution in [2.45, 2.75) is 19.9 Å². The van der Waals surface area contributed by atoms with Crippen molar-refractivity contribution in [3.8, 4) is 5.75 Å². The third kappa shape index (κ3) is 5.06. The first-order valence-corrected chi connectivity index (χ1v) is 5.91. The van der Waals surface area contributed by atoms with Gasteiger partial charge in [-0.2, -0.15) is 0 Å². The first-order chi connectivity index (χ1) is 8.13. The summed E-state index contributed by atoms with van der Waals surface area (Å²) in [5.74, 6) is 0.193. The van der Waals surface area contributed by atoms with Crippen LogP contribution in [0, 0.1) is 0 Å². The van der Waals surface area contributed by atoms with Crippen LogP contribution in [0.5, 0.6) is 5.75 Å². The van der Waals surface area contributed by atoms with Crippen LogP contribution < -0.4 is 15.8 Å². The minimum absolute atomic E-state index is 0.190. The van der Waals surface area contributed by atoms with E-state index < -0.39 is 0 Å². The van der Waals surface area contributed by atoms with E-state index in [1.54, 1.807) is 6.07 Å². The van der Waals surface area contributed by atoms with E-state index >= 15 is 0 Å². The molecule has 0 spiro atoms. The lowest BCUT2D eigenvalue weighted by atomic mass is 10.2. The molecule has 4 nitrogen and oxygen atoms in total. The summed E-state index contributed by atoms with van der Waals surface area (Å²) in [5.41, 5.74) is 6.11. The molecule has 0 aliphatic rings. The molecule has 0 radical (unpaired) electrons.